The van der Waals surface area contributed by atoms with Gasteiger partial charge in [0.25, 0.3) is 5.91 Å². The largest absolute Gasteiger partial charge is 0.334 e. The van der Waals surface area contributed by atoms with Crippen LogP contribution in [0.3, 0.4) is 0 Å². The number of carbonyl (C=O) groups excluding carboxylic acids is 1. The van der Waals surface area contributed by atoms with Crippen molar-refractivity contribution in [1.82, 2.24) is 5.32 Å². The average molecular weight is 283 g/mol. The van der Waals surface area contributed by atoms with Crippen LogP contribution in [0.4, 0.5) is 14.5 Å². The summed E-state index contributed by atoms with van der Waals surface area (Å²) >= 11 is 0. The van der Waals surface area contributed by atoms with Gasteiger partial charge < -0.3 is 5.32 Å². The summed E-state index contributed by atoms with van der Waals surface area (Å²) in [5, 5.41) is 21.6. The van der Waals surface area contributed by atoms with E-state index in [-0.39, 0.29) is 6.42 Å². The zero-order valence-electron chi connectivity index (χ0n) is 10.7. The van der Waals surface area contributed by atoms with Crippen molar-refractivity contribution in [2.24, 2.45) is 0 Å². The number of amides is 1. The second-order valence-electron chi connectivity index (χ2n) is 4.26. The molecule has 0 heterocycles. The van der Waals surface area contributed by atoms with Crippen LogP contribution in [0.25, 0.3) is 0 Å². The van der Waals surface area contributed by atoms with E-state index in [4.69, 9.17) is 5.26 Å². The standard InChI is InChI=1S/C12H11F2N3O3/c1-3-12(2,6-15)16-11(18)9-7(13)4-5-8(10(9)14)17(19)20/h4-5H,3H2,1-2H3,(H,16,18). The third kappa shape index (κ3) is 2.88. The molecule has 20 heavy (non-hydrogen) atoms. The third-order valence-corrected chi connectivity index (χ3v) is 2.84. The smallest absolute Gasteiger partial charge is 0.305 e. The first-order chi connectivity index (χ1) is 9.25. The Kier molecular flexibility index (Phi) is 4.34. The van der Waals surface area contributed by atoms with Crippen LogP contribution in [-0.4, -0.2) is 16.4 Å². The molecule has 1 N–H and O–H groups in total. The van der Waals surface area contributed by atoms with Crippen molar-refractivity contribution >= 4 is 11.6 Å². The Morgan fingerprint density at radius 1 is 1.55 bits per heavy atom. The first kappa shape index (κ1) is 15.5. The number of nitriles is 1. The molecule has 1 aromatic carbocycles. The SMILES string of the molecule is CCC(C)(C#N)NC(=O)c1c(F)ccc([N+](=O)[O-])c1F. The molecule has 6 nitrogen and oxygen atoms in total. The molecule has 0 aliphatic heterocycles. The van der Waals surface area contributed by atoms with Crippen LogP contribution in [0.1, 0.15) is 30.6 Å². The second-order valence-corrected chi connectivity index (χ2v) is 4.26. The van der Waals surface area contributed by atoms with Gasteiger partial charge in [0.15, 0.2) is 0 Å². The highest BCUT2D eigenvalue weighted by Crippen LogP contribution is 2.23. The highest BCUT2D eigenvalue weighted by Gasteiger charge is 2.30. The molecule has 0 saturated heterocycles. The number of hydrogen-bond donors (Lipinski definition) is 1. The van der Waals surface area contributed by atoms with Crippen molar-refractivity contribution in [3.8, 4) is 6.07 Å². The van der Waals surface area contributed by atoms with Gasteiger partial charge in [0.2, 0.25) is 5.82 Å². The highest BCUT2D eigenvalue weighted by atomic mass is 19.1. The van der Waals surface area contributed by atoms with Gasteiger partial charge in [-0.25, -0.2) is 4.39 Å². The van der Waals surface area contributed by atoms with E-state index in [1.54, 1.807) is 13.0 Å². The lowest BCUT2D eigenvalue weighted by atomic mass is 10.00. The molecular weight excluding hydrogens is 272 g/mol. The molecule has 1 amide bonds. The minimum atomic E-state index is -1.57. The van der Waals surface area contributed by atoms with Crippen LogP contribution in [-0.2, 0) is 0 Å². The summed E-state index contributed by atoms with van der Waals surface area (Å²) in [4.78, 5) is 21.3. The van der Waals surface area contributed by atoms with Gasteiger partial charge in [0, 0.05) is 6.07 Å². The summed E-state index contributed by atoms with van der Waals surface area (Å²) in [5.74, 6) is -4.01. The van der Waals surface area contributed by atoms with E-state index < -0.39 is 39.3 Å². The minimum Gasteiger partial charge on any atom is -0.334 e. The van der Waals surface area contributed by atoms with Crippen LogP contribution in [0.15, 0.2) is 12.1 Å². The van der Waals surface area contributed by atoms with E-state index in [2.05, 4.69) is 5.32 Å². The molecule has 106 valence electrons. The zero-order chi connectivity index (χ0) is 15.5. The molecule has 0 saturated carbocycles. The number of nitro groups is 1. The number of rotatable bonds is 4. The van der Waals surface area contributed by atoms with E-state index in [0.29, 0.717) is 12.1 Å². The first-order valence-corrected chi connectivity index (χ1v) is 5.62. The lowest BCUT2D eigenvalue weighted by Crippen LogP contribution is -2.44. The van der Waals surface area contributed by atoms with Gasteiger partial charge >= 0.3 is 5.69 Å². The Balaban J connectivity index is 3.27. The molecule has 0 fully saturated rings. The van der Waals surface area contributed by atoms with Crippen LogP contribution in [0.5, 0.6) is 0 Å². The monoisotopic (exact) mass is 283 g/mol. The predicted molar refractivity (Wildman–Crippen MR) is 64.8 cm³/mol. The van der Waals surface area contributed by atoms with Gasteiger partial charge in [-0.1, -0.05) is 6.92 Å². The fourth-order valence-electron chi connectivity index (χ4n) is 1.40. The van der Waals surface area contributed by atoms with E-state index >= 15 is 0 Å². The molecule has 0 radical (unpaired) electrons. The van der Waals surface area contributed by atoms with Gasteiger partial charge in [0.1, 0.15) is 16.9 Å². The number of carbonyl (C=O) groups is 1. The van der Waals surface area contributed by atoms with Crippen molar-refractivity contribution in [2.45, 2.75) is 25.8 Å². The number of hydrogen-bond acceptors (Lipinski definition) is 4. The number of nitrogens with zero attached hydrogens (tertiary/aromatic N) is 2. The second kappa shape index (κ2) is 5.61. The van der Waals surface area contributed by atoms with Gasteiger partial charge in [-0.15, -0.1) is 0 Å². The lowest BCUT2D eigenvalue weighted by molar-refractivity contribution is -0.387. The topological polar surface area (TPSA) is 96.0 Å². The van der Waals surface area contributed by atoms with Gasteiger partial charge in [-0.05, 0) is 19.4 Å². The maximum atomic E-state index is 13.8. The molecule has 0 bridgehead atoms. The summed E-state index contributed by atoms with van der Waals surface area (Å²) < 4.78 is 27.3. The fraction of sp³-hybridized carbons (Fsp3) is 0.333. The van der Waals surface area contributed by atoms with Crippen molar-refractivity contribution < 1.29 is 18.5 Å². The highest BCUT2D eigenvalue weighted by molar-refractivity contribution is 5.96. The summed E-state index contributed by atoms with van der Waals surface area (Å²) in [7, 11) is 0. The van der Waals surface area contributed by atoms with Crippen LogP contribution in [0, 0.1) is 33.1 Å². The van der Waals surface area contributed by atoms with Crippen LogP contribution >= 0.6 is 0 Å². The van der Waals surface area contributed by atoms with Crippen molar-refractivity contribution in [3.05, 3.63) is 39.4 Å². The molecule has 1 rings (SSSR count). The molecule has 0 spiro atoms. The molecule has 1 atom stereocenters. The van der Waals surface area contributed by atoms with Crippen molar-refractivity contribution in [2.75, 3.05) is 0 Å². The number of benzene rings is 1. The van der Waals surface area contributed by atoms with E-state index in [9.17, 15) is 23.7 Å². The number of nitrogens with one attached hydrogen (secondary N) is 1. The minimum absolute atomic E-state index is 0.202. The predicted octanol–water partition coefficient (Wildman–Crippen LogP) is 2.30. The number of halogens is 2. The maximum Gasteiger partial charge on any atom is 0.305 e. The van der Waals surface area contributed by atoms with Crippen molar-refractivity contribution in [3.63, 3.8) is 0 Å². The summed E-state index contributed by atoms with van der Waals surface area (Å²) in [6.07, 6.45) is 0.202. The molecule has 1 unspecified atom stereocenters. The lowest BCUT2D eigenvalue weighted by Gasteiger charge is -2.21. The van der Waals surface area contributed by atoms with Gasteiger partial charge in [-0.2, -0.15) is 9.65 Å². The molecule has 1 aromatic rings. The zero-order valence-corrected chi connectivity index (χ0v) is 10.7. The quantitative estimate of drug-likeness (QED) is 0.677. The Bertz CT molecular complexity index is 613. The summed E-state index contributed by atoms with van der Waals surface area (Å²) in [5.41, 5.74) is -3.40. The first-order valence-electron chi connectivity index (χ1n) is 5.62. The Labute approximate surface area is 113 Å². The average Bonchev–Trinajstić information content (AvgIpc) is 2.38. The molecule has 0 aromatic heterocycles. The maximum absolute atomic E-state index is 13.8. The molecular formula is C12H11F2N3O3. The molecule has 0 aliphatic rings. The van der Waals surface area contributed by atoms with Gasteiger partial charge in [0.05, 0.1) is 11.0 Å². The number of nitro benzene ring substituents is 1. The molecule has 0 aliphatic carbocycles. The van der Waals surface area contributed by atoms with Crippen molar-refractivity contribution in [1.29, 1.82) is 5.26 Å². The summed E-state index contributed by atoms with van der Waals surface area (Å²) in [6.45, 7) is 2.97. The van der Waals surface area contributed by atoms with Crippen LogP contribution < -0.4 is 5.32 Å². The Hall–Kier alpha value is -2.56. The van der Waals surface area contributed by atoms with Gasteiger partial charge in [-0.3, -0.25) is 14.9 Å². The summed E-state index contributed by atoms with van der Waals surface area (Å²) in [6, 6.07) is 3.05. The fourth-order valence-corrected chi connectivity index (χ4v) is 1.40. The third-order valence-electron chi connectivity index (χ3n) is 2.84. The Morgan fingerprint density at radius 3 is 2.60 bits per heavy atom. The molecule has 8 heteroatoms. The van der Waals surface area contributed by atoms with Crippen LogP contribution in [0.2, 0.25) is 0 Å². The normalized spacial score (nSPS) is 13.2. The Morgan fingerprint density at radius 2 is 2.15 bits per heavy atom. The van der Waals surface area contributed by atoms with E-state index in [1.165, 1.54) is 6.92 Å². The van der Waals surface area contributed by atoms with E-state index in [0.717, 1.165) is 0 Å². The van der Waals surface area contributed by atoms with E-state index in [1.807, 2.05) is 0 Å².